The van der Waals surface area contributed by atoms with Crippen LogP contribution in [-0.2, 0) is 16.0 Å². The molecular weight excluding hydrogens is 338 g/mol. The molecule has 1 saturated heterocycles. The Kier molecular flexibility index (Phi) is 5.30. The van der Waals surface area contributed by atoms with Gasteiger partial charge in [-0.3, -0.25) is 9.48 Å². The van der Waals surface area contributed by atoms with E-state index < -0.39 is 0 Å². The number of nitrogens with zero attached hydrogens (tertiary/aromatic N) is 2. The molecule has 2 aromatic carbocycles. The van der Waals surface area contributed by atoms with Gasteiger partial charge in [0.1, 0.15) is 0 Å². The Bertz CT molecular complexity index is 881. The summed E-state index contributed by atoms with van der Waals surface area (Å²) in [6.07, 6.45) is 5.89. The lowest BCUT2D eigenvalue weighted by molar-refractivity contribution is -0.115. The highest BCUT2D eigenvalue weighted by molar-refractivity contribution is 5.92. The van der Waals surface area contributed by atoms with E-state index in [-0.39, 0.29) is 5.91 Å². The number of benzene rings is 2. The van der Waals surface area contributed by atoms with Crippen LogP contribution in [0.2, 0.25) is 0 Å². The largest absolute Gasteiger partial charge is 0.381 e. The van der Waals surface area contributed by atoms with Crippen LogP contribution in [-0.4, -0.2) is 28.9 Å². The molecule has 0 radical (unpaired) electrons. The van der Waals surface area contributed by atoms with Crippen molar-refractivity contribution < 1.29 is 9.53 Å². The van der Waals surface area contributed by atoms with Gasteiger partial charge in [-0.25, -0.2) is 0 Å². The Hall–Kier alpha value is -2.92. The van der Waals surface area contributed by atoms with Crippen LogP contribution in [0, 0.1) is 0 Å². The second-order valence-corrected chi connectivity index (χ2v) is 6.84. The van der Waals surface area contributed by atoms with Crippen molar-refractivity contribution in [2.45, 2.75) is 25.3 Å². The summed E-state index contributed by atoms with van der Waals surface area (Å²) in [5.41, 5.74) is 4.06. The molecule has 1 N–H and O–H groups in total. The third kappa shape index (κ3) is 4.44. The van der Waals surface area contributed by atoms with Gasteiger partial charge in [0.05, 0.1) is 24.3 Å². The maximum absolute atomic E-state index is 12.4. The first kappa shape index (κ1) is 17.5. The summed E-state index contributed by atoms with van der Waals surface area (Å²) in [4.78, 5) is 12.4. The van der Waals surface area contributed by atoms with Gasteiger partial charge in [-0.15, -0.1) is 0 Å². The predicted octanol–water partition coefficient (Wildman–Crippen LogP) is 4.08. The number of amides is 1. The fourth-order valence-corrected chi connectivity index (χ4v) is 3.39. The highest BCUT2D eigenvalue weighted by atomic mass is 16.5. The lowest BCUT2D eigenvalue weighted by Crippen LogP contribution is -2.20. The standard InChI is InChI=1S/C22H23N3O2/c26-22(24-20-15-23-25(16-20)21-10-12-27-13-11-21)14-17-6-8-19(9-7-17)18-4-2-1-3-5-18/h1-9,15-16,21H,10-14H2,(H,24,26). The minimum Gasteiger partial charge on any atom is -0.381 e. The Labute approximate surface area is 159 Å². The maximum Gasteiger partial charge on any atom is 0.228 e. The third-order valence-electron chi connectivity index (χ3n) is 4.88. The van der Waals surface area contributed by atoms with E-state index in [1.54, 1.807) is 6.20 Å². The lowest BCUT2D eigenvalue weighted by atomic mass is 10.0. The number of ether oxygens (including phenoxy) is 1. The summed E-state index contributed by atoms with van der Waals surface area (Å²) in [6, 6.07) is 18.7. The minimum atomic E-state index is -0.0333. The number of aromatic nitrogens is 2. The molecule has 1 aliphatic heterocycles. The van der Waals surface area contributed by atoms with Crippen molar-refractivity contribution in [1.82, 2.24) is 9.78 Å². The Morgan fingerprint density at radius 1 is 1.04 bits per heavy atom. The molecule has 2 heterocycles. The molecule has 1 amide bonds. The van der Waals surface area contributed by atoms with Crippen LogP contribution in [0.3, 0.4) is 0 Å². The van der Waals surface area contributed by atoms with Crippen LogP contribution < -0.4 is 5.32 Å². The SMILES string of the molecule is O=C(Cc1ccc(-c2ccccc2)cc1)Nc1cnn(C2CCOCC2)c1. The van der Waals surface area contributed by atoms with Gasteiger partial charge in [-0.05, 0) is 29.5 Å². The molecule has 4 rings (SSSR count). The molecule has 5 nitrogen and oxygen atoms in total. The van der Waals surface area contributed by atoms with Gasteiger partial charge in [0, 0.05) is 19.4 Å². The normalized spacial score (nSPS) is 14.8. The first-order valence-corrected chi connectivity index (χ1v) is 9.34. The Balaban J connectivity index is 1.35. The van der Waals surface area contributed by atoms with Crippen molar-refractivity contribution in [3.63, 3.8) is 0 Å². The fraction of sp³-hybridized carbons (Fsp3) is 0.273. The molecule has 0 bridgehead atoms. The van der Waals surface area contributed by atoms with Gasteiger partial charge < -0.3 is 10.1 Å². The molecule has 27 heavy (non-hydrogen) atoms. The molecule has 1 aliphatic rings. The van der Waals surface area contributed by atoms with E-state index in [4.69, 9.17) is 4.74 Å². The van der Waals surface area contributed by atoms with Gasteiger partial charge in [0.2, 0.25) is 5.91 Å². The summed E-state index contributed by atoms with van der Waals surface area (Å²) in [7, 11) is 0. The monoisotopic (exact) mass is 361 g/mol. The van der Waals surface area contributed by atoms with Crippen LogP contribution in [0.1, 0.15) is 24.4 Å². The van der Waals surface area contributed by atoms with E-state index in [0.29, 0.717) is 12.5 Å². The summed E-state index contributed by atoms with van der Waals surface area (Å²) >= 11 is 0. The number of carbonyl (C=O) groups is 1. The molecule has 138 valence electrons. The second kappa shape index (κ2) is 8.18. The number of rotatable bonds is 5. The molecule has 0 atom stereocenters. The quantitative estimate of drug-likeness (QED) is 0.745. The van der Waals surface area contributed by atoms with Crippen LogP contribution >= 0.6 is 0 Å². The molecule has 0 spiro atoms. The van der Waals surface area contributed by atoms with E-state index in [0.717, 1.165) is 42.9 Å². The summed E-state index contributed by atoms with van der Waals surface area (Å²) < 4.78 is 7.32. The zero-order chi connectivity index (χ0) is 18.5. The average molecular weight is 361 g/mol. The van der Waals surface area contributed by atoms with E-state index >= 15 is 0 Å². The molecule has 0 saturated carbocycles. The van der Waals surface area contributed by atoms with E-state index in [1.165, 1.54) is 5.56 Å². The van der Waals surface area contributed by atoms with Gasteiger partial charge in [-0.1, -0.05) is 54.6 Å². The van der Waals surface area contributed by atoms with Crippen LogP contribution in [0.4, 0.5) is 5.69 Å². The van der Waals surface area contributed by atoms with Crippen molar-refractivity contribution in [3.05, 3.63) is 72.6 Å². The molecule has 1 aromatic heterocycles. The van der Waals surface area contributed by atoms with Crippen molar-refractivity contribution in [1.29, 1.82) is 0 Å². The van der Waals surface area contributed by atoms with E-state index in [2.05, 4.69) is 34.7 Å². The highest BCUT2D eigenvalue weighted by Crippen LogP contribution is 2.22. The summed E-state index contributed by atoms with van der Waals surface area (Å²) in [5.74, 6) is -0.0333. The number of anilines is 1. The lowest BCUT2D eigenvalue weighted by Gasteiger charge is -2.22. The van der Waals surface area contributed by atoms with E-state index in [9.17, 15) is 4.79 Å². The van der Waals surface area contributed by atoms with Gasteiger partial charge >= 0.3 is 0 Å². The first-order chi connectivity index (χ1) is 13.3. The van der Waals surface area contributed by atoms with Crippen molar-refractivity contribution in [2.24, 2.45) is 0 Å². The minimum absolute atomic E-state index is 0.0333. The molecular formula is C22H23N3O2. The van der Waals surface area contributed by atoms with Gasteiger partial charge in [0.15, 0.2) is 0 Å². The van der Waals surface area contributed by atoms with Crippen molar-refractivity contribution >= 4 is 11.6 Å². The van der Waals surface area contributed by atoms with Gasteiger partial charge in [0.25, 0.3) is 0 Å². The fourth-order valence-electron chi connectivity index (χ4n) is 3.39. The first-order valence-electron chi connectivity index (χ1n) is 9.34. The maximum atomic E-state index is 12.4. The van der Waals surface area contributed by atoms with Crippen LogP contribution in [0.5, 0.6) is 0 Å². The van der Waals surface area contributed by atoms with Crippen molar-refractivity contribution in [3.8, 4) is 11.1 Å². The molecule has 0 unspecified atom stereocenters. The van der Waals surface area contributed by atoms with Crippen molar-refractivity contribution in [2.75, 3.05) is 18.5 Å². The molecule has 3 aromatic rings. The Morgan fingerprint density at radius 3 is 2.48 bits per heavy atom. The number of carbonyl (C=O) groups excluding carboxylic acids is 1. The molecule has 0 aliphatic carbocycles. The predicted molar refractivity (Wildman–Crippen MR) is 106 cm³/mol. The smallest absolute Gasteiger partial charge is 0.228 e. The number of hydrogen-bond acceptors (Lipinski definition) is 3. The molecule has 5 heteroatoms. The zero-order valence-corrected chi connectivity index (χ0v) is 15.2. The third-order valence-corrected chi connectivity index (χ3v) is 4.88. The zero-order valence-electron chi connectivity index (χ0n) is 15.2. The molecule has 1 fully saturated rings. The number of hydrogen-bond donors (Lipinski definition) is 1. The highest BCUT2D eigenvalue weighted by Gasteiger charge is 2.17. The van der Waals surface area contributed by atoms with Gasteiger partial charge in [-0.2, -0.15) is 5.10 Å². The summed E-state index contributed by atoms with van der Waals surface area (Å²) in [5, 5.41) is 7.33. The number of nitrogens with one attached hydrogen (secondary N) is 1. The Morgan fingerprint density at radius 2 is 1.74 bits per heavy atom. The van der Waals surface area contributed by atoms with Crippen LogP contribution in [0.15, 0.2) is 67.0 Å². The van der Waals surface area contributed by atoms with Crippen LogP contribution in [0.25, 0.3) is 11.1 Å². The summed E-state index contributed by atoms with van der Waals surface area (Å²) in [6.45, 7) is 1.54. The van der Waals surface area contributed by atoms with E-state index in [1.807, 2.05) is 41.2 Å². The second-order valence-electron chi connectivity index (χ2n) is 6.84. The topological polar surface area (TPSA) is 56.2 Å². The average Bonchev–Trinajstić information content (AvgIpc) is 3.18.